The first-order valence-corrected chi connectivity index (χ1v) is 4.89. The molecule has 1 heterocycles. The van der Waals surface area contributed by atoms with Gasteiger partial charge in [0.05, 0.1) is 4.47 Å². The van der Waals surface area contributed by atoms with Gasteiger partial charge in [0.2, 0.25) is 0 Å². The van der Waals surface area contributed by atoms with Crippen LogP contribution in [0.5, 0.6) is 10.8 Å². The second kappa shape index (κ2) is 2.64. The molecule has 0 radical (unpaired) electrons. The summed E-state index contributed by atoms with van der Waals surface area (Å²) in [5, 5.41) is 19.6. The largest absolute Gasteiger partial charge is 0.508 e. The third-order valence-electron chi connectivity index (χ3n) is 1.59. The molecule has 1 aromatic heterocycles. The van der Waals surface area contributed by atoms with Crippen molar-refractivity contribution < 1.29 is 10.2 Å². The summed E-state index contributed by atoms with van der Waals surface area (Å²) in [6, 6.07) is 5.00. The summed E-state index contributed by atoms with van der Waals surface area (Å²) in [4.78, 5) is 0. The Balaban J connectivity index is 2.88. The van der Waals surface area contributed by atoms with Gasteiger partial charge in [0.25, 0.3) is 0 Å². The molecular formula is C8H5BrO2S. The first kappa shape index (κ1) is 7.89. The van der Waals surface area contributed by atoms with E-state index in [1.807, 2.05) is 0 Å². The fourth-order valence-corrected chi connectivity index (χ4v) is 2.56. The van der Waals surface area contributed by atoms with E-state index < -0.39 is 0 Å². The molecule has 0 spiro atoms. The average molecular weight is 245 g/mol. The second-order valence-corrected chi connectivity index (χ2v) is 4.23. The molecule has 0 bridgehead atoms. The monoisotopic (exact) mass is 244 g/mol. The third kappa shape index (κ3) is 1.07. The Labute approximate surface area is 81.2 Å². The lowest BCUT2D eigenvalue weighted by Gasteiger charge is -1.91. The summed E-state index contributed by atoms with van der Waals surface area (Å²) in [5.74, 6) is 0.209. The highest BCUT2D eigenvalue weighted by atomic mass is 79.9. The maximum absolute atomic E-state index is 9.32. The third-order valence-corrected chi connectivity index (χ3v) is 3.63. The maximum atomic E-state index is 9.32. The lowest BCUT2D eigenvalue weighted by molar-refractivity contribution is 0.476. The van der Waals surface area contributed by atoms with Crippen molar-refractivity contribution in [3.63, 3.8) is 0 Å². The number of thiophene rings is 1. The Morgan fingerprint density at radius 2 is 2.00 bits per heavy atom. The van der Waals surface area contributed by atoms with Crippen molar-refractivity contribution in [1.29, 1.82) is 0 Å². The van der Waals surface area contributed by atoms with Gasteiger partial charge in [-0.2, -0.15) is 0 Å². The van der Waals surface area contributed by atoms with Crippen molar-refractivity contribution in [2.75, 3.05) is 0 Å². The SMILES string of the molecule is Oc1ccc2sc(O)c(Br)c2c1. The molecule has 0 atom stereocenters. The molecule has 2 rings (SSSR count). The van der Waals surface area contributed by atoms with E-state index in [4.69, 9.17) is 5.11 Å². The van der Waals surface area contributed by atoms with E-state index >= 15 is 0 Å². The smallest absolute Gasteiger partial charge is 0.186 e. The molecule has 2 nitrogen and oxygen atoms in total. The topological polar surface area (TPSA) is 40.5 Å². The van der Waals surface area contributed by atoms with Crippen LogP contribution in [-0.2, 0) is 0 Å². The number of hydrogen-bond acceptors (Lipinski definition) is 3. The summed E-state index contributed by atoms with van der Waals surface area (Å²) in [6.07, 6.45) is 0. The van der Waals surface area contributed by atoms with Crippen LogP contribution in [0.15, 0.2) is 22.7 Å². The molecule has 0 amide bonds. The quantitative estimate of drug-likeness (QED) is 0.748. The van der Waals surface area contributed by atoms with E-state index in [-0.39, 0.29) is 10.8 Å². The van der Waals surface area contributed by atoms with Crippen LogP contribution in [0, 0.1) is 0 Å². The summed E-state index contributed by atoms with van der Waals surface area (Å²) < 4.78 is 1.61. The van der Waals surface area contributed by atoms with Crippen molar-refractivity contribution in [2.24, 2.45) is 0 Å². The Kier molecular flexibility index (Phi) is 1.73. The molecule has 2 aromatic rings. The van der Waals surface area contributed by atoms with E-state index in [1.165, 1.54) is 11.3 Å². The average Bonchev–Trinajstić information content (AvgIpc) is 2.31. The van der Waals surface area contributed by atoms with Gasteiger partial charge < -0.3 is 10.2 Å². The zero-order valence-corrected chi connectivity index (χ0v) is 8.32. The minimum atomic E-state index is 0.209. The van der Waals surface area contributed by atoms with Crippen LogP contribution in [-0.4, -0.2) is 10.2 Å². The van der Waals surface area contributed by atoms with Gasteiger partial charge in [0.15, 0.2) is 5.06 Å². The predicted octanol–water partition coefficient (Wildman–Crippen LogP) is 3.08. The Hall–Kier alpha value is -0.740. The minimum Gasteiger partial charge on any atom is -0.508 e. The molecule has 2 N–H and O–H groups in total. The molecule has 12 heavy (non-hydrogen) atoms. The number of phenolic OH excluding ortho intramolecular Hbond substituents is 1. The van der Waals surface area contributed by atoms with Gasteiger partial charge >= 0.3 is 0 Å². The van der Waals surface area contributed by atoms with Gasteiger partial charge in [-0.15, -0.1) is 0 Å². The minimum absolute atomic E-state index is 0.209. The summed E-state index contributed by atoms with van der Waals surface area (Å²) >= 11 is 4.52. The van der Waals surface area contributed by atoms with Crippen molar-refractivity contribution in [1.82, 2.24) is 0 Å². The van der Waals surface area contributed by atoms with Gasteiger partial charge in [-0.25, -0.2) is 0 Å². The van der Waals surface area contributed by atoms with Crippen LogP contribution in [0.2, 0.25) is 0 Å². The van der Waals surface area contributed by atoms with Crippen LogP contribution in [0.3, 0.4) is 0 Å². The Morgan fingerprint density at radius 1 is 1.25 bits per heavy atom. The van der Waals surface area contributed by atoms with Gasteiger partial charge in [-0.1, -0.05) is 11.3 Å². The maximum Gasteiger partial charge on any atom is 0.186 e. The molecule has 0 saturated heterocycles. The lowest BCUT2D eigenvalue weighted by atomic mass is 10.2. The van der Waals surface area contributed by atoms with Gasteiger partial charge in [0.1, 0.15) is 5.75 Å². The summed E-state index contributed by atoms with van der Waals surface area (Å²) in [5.41, 5.74) is 0. The van der Waals surface area contributed by atoms with E-state index in [1.54, 1.807) is 18.2 Å². The van der Waals surface area contributed by atoms with Crippen molar-refractivity contribution >= 4 is 37.4 Å². The molecule has 1 aromatic carbocycles. The second-order valence-electron chi connectivity index (χ2n) is 2.40. The fraction of sp³-hybridized carbons (Fsp3) is 0. The standard InChI is InChI=1S/C8H5BrO2S/c9-7-5-3-4(10)1-2-6(5)12-8(7)11/h1-3,10-11H. The highest BCUT2D eigenvalue weighted by Crippen LogP contribution is 2.41. The molecule has 0 aliphatic carbocycles. The molecule has 62 valence electrons. The highest BCUT2D eigenvalue weighted by Gasteiger charge is 2.08. The molecule has 0 unspecified atom stereocenters. The predicted molar refractivity (Wildman–Crippen MR) is 52.9 cm³/mol. The van der Waals surface area contributed by atoms with Crippen molar-refractivity contribution in [3.8, 4) is 10.8 Å². The normalized spacial score (nSPS) is 10.8. The van der Waals surface area contributed by atoms with E-state index in [0.29, 0.717) is 4.47 Å². The van der Waals surface area contributed by atoms with Crippen LogP contribution in [0.4, 0.5) is 0 Å². The Bertz CT molecular complexity index is 436. The first-order chi connectivity index (χ1) is 5.68. The van der Waals surface area contributed by atoms with Gasteiger partial charge in [-0.3, -0.25) is 0 Å². The number of halogens is 1. The van der Waals surface area contributed by atoms with Crippen LogP contribution in [0.1, 0.15) is 0 Å². The van der Waals surface area contributed by atoms with Gasteiger partial charge in [-0.05, 0) is 34.1 Å². The van der Waals surface area contributed by atoms with Crippen LogP contribution >= 0.6 is 27.3 Å². The lowest BCUT2D eigenvalue weighted by Crippen LogP contribution is -1.64. The molecule has 0 fully saturated rings. The van der Waals surface area contributed by atoms with E-state index in [0.717, 1.165) is 10.1 Å². The molecule has 0 saturated carbocycles. The zero-order chi connectivity index (χ0) is 8.72. The van der Waals surface area contributed by atoms with Crippen molar-refractivity contribution in [2.45, 2.75) is 0 Å². The number of rotatable bonds is 0. The van der Waals surface area contributed by atoms with E-state index in [9.17, 15) is 5.11 Å². The van der Waals surface area contributed by atoms with E-state index in [2.05, 4.69) is 15.9 Å². The zero-order valence-electron chi connectivity index (χ0n) is 5.91. The first-order valence-electron chi connectivity index (χ1n) is 3.28. The number of fused-ring (bicyclic) bond motifs is 1. The molecule has 4 heteroatoms. The molecular weight excluding hydrogens is 240 g/mol. The summed E-state index contributed by atoms with van der Waals surface area (Å²) in [7, 11) is 0. The molecule has 0 aliphatic rings. The van der Waals surface area contributed by atoms with Gasteiger partial charge in [0, 0.05) is 10.1 Å². The number of aromatic hydroxyl groups is 2. The number of benzene rings is 1. The fourth-order valence-electron chi connectivity index (χ4n) is 1.04. The molecule has 0 aliphatic heterocycles. The Morgan fingerprint density at radius 3 is 2.75 bits per heavy atom. The number of phenols is 1. The highest BCUT2D eigenvalue weighted by molar-refractivity contribution is 9.10. The van der Waals surface area contributed by atoms with Crippen molar-refractivity contribution in [3.05, 3.63) is 22.7 Å². The van der Waals surface area contributed by atoms with Crippen LogP contribution in [0.25, 0.3) is 10.1 Å². The summed E-state index contributed by atoms with van der Waals surface area (Å²) in [6.45, 7) is 0. The van der Waals surface area contributed by atoms with Crippen LogP contribution < -0.4 is 0 Å². The number of hydrogen-bond donors (Lipinski definition) is 2.